The Hall–Kier alpha value is -1.70. The zero-order valence-electron chi connectivity index (χ0n) is 7.14. The maximum Gasteiger partial charge on any atom is 0.124 e. The largest absolute Gasteiger partial charge is 0.304 e. The minimum absolute atomic E-state index is 0.0660. The van der Waals surface area contributed by atoms with Crippen LogP contribution in [0.3, 0.4) is 0 Å². The van der Waals surface area contributed by atoms with Crippen molar-refractivity contribution < 1.29 is 0 Å². The highest BCUT2D eigenvalue weighted by Crippen LogP contribution is 2.36. The van der Waals surface area contributed by atoms with Crippen molar-refractivity contribution in [2.24, 2.45) is 0 Å². The Morgan fingerprint density at radius 3 is 2.85 bits per heavy atom. The van der Waals surface area contributed by atoms with Crippen molar-refractivity contribution in [3.63, 3.8) is 0 Å². The second-order valence-corrected chi connectivity index (χ2v) is 3.34. The fraction of sp³-hybridized carbons (Fsp3) is 0.0909. The van der Waals surface area contributed by atoms with Gasteiger partial charge in [0.2, 0.25) is 0 Å². The van der Waals surface area contributed by atoms with Crippen molar-refractivity contribution in [3.05, 3.63) is 60.5 Å². The summed E-state index contributed by atoms with van der Waals surface area (Å²) in [6.07, 6.45) is 18.9. The van der Waals surface area contributed by atoms with E-state index in [1.165, 1.54) is 5.57 Å². The molecule has 0 saturated carbocycles. The van der Waals surface area contributed by atoms with Crippen molar-refractivity contribution in [1.82, 2.24) is 10.4 Å². The number of allylic oxidation sites excluding steroid dienone is 4. The van der Waals surface area contributed by atoms with Gasteiger partial charge < -0.3 is 5.43 Å². The third-order valence-electron chi connectivity index (χ3n) is 2.65. The highest BCUT2D eigenvalue weighted by atomic mass is 15.5. The van der Waals surface area contributed by atoms with Gasteiger partial charge in [-0.05, 0) is 18.2 Å². The first-order chi connectivity index (χ1) is 6.42. The summed E-state index contributed by atoms with van der Waals surface area (Å²) in [5.41, 5.74) is 4.44. The van der Waals surface area contributed by atoms with Gasteiger partial charge in [-0.15, -0.1) is 0 Å². The lowest BCUT2D eigenvalue weighted by Crippen LogP contribution is -2.45. The van der Waals surface area contributed by atoms with Crippen molar-refractivity contribution >= 4 is 0 Å². The lowest BCUT2D eigenvalue weighted by atomic mass is 9.85. The van der Waals surface area contributed by atoms with Gasteiger partial charge in [-0.25, -0.2) is 0 Å². The summed E-state index contributed by atoms with van der Waals surface area (Å²) in [5.74, 6) is 0. The summed E-state index contributed by atoms with van der Waals surface area (Å²) in [6, 6.07) is 0. The molecule has 0 radical (unpaired) electrons. The summed E-state index contributed by atoms with van der Waals surface area (Å²) in [7, 11) is 0. The van der Waals surface area contributed by atoms with Gasteiger partial charge in [-0.3, -0.25) is 5.01 Å². The molecule has 2 nitrogen and oxygen atoms in total. The van der Waals surface area contributed by atoms with Crippen LogP contribution >= 0.6 is 0 Å². The van der Waals surface area contributed by atoms with Crippen LogP contribution in [0.2, 0.25) is 0 Å². The molecule has 0 saturated heterocycles. The molecule has 1 aliphatic carbocycles. The molecule has 2 aliphatic heterocycles. The second kappa shape index (κ2) is 2.16. The van der Waals surface area contributed by atoms with Crippen molar-refractivity contribution in [2.45, 2.75) is 5.54 Å². The molecule has 0 aromatic heterocycles. The third-order valence-corrected chi connectivity index (χ3v) is 2.65. The molecule has 3 rings (SSSR count). The second-order valence-electron chi connectivity index (χ2n) is 3.34. The Morgan fingerprint density at radius 1 is 1.08 bits per heavy atom. The van der Waals surface area contributed by atoms with Crippen LogP contribution in [0.25, 0.3) is 0 Å². The van der Waals surface area contributed by atoms with Gasteiger partial charge >= 0.3 is 0 Å². The van der Waals surface area contributed by atoms with E-state index in [0.29, 0.717) is 0 Å². The number of hydrazine groups is 1. The van der Waals surface area contributed by atoms with Gasteiger partial charge in [0.25, 0.3) is 0 Å². The molecule has 13 heavy (non-hydrogen) atoms. The topological polar surface area (TPSA) is 15.3 Å². The molecule has 64 valence electrons. The van der Waals surface area contributed by atoms with Gasteiger partial charge in [0, 0.05) is 18.0 Å². The molecule has 1 spiro atoms. The zero-order chi connectivity index (χ0) is 8.73. The predicted molar refractivity (Wildman–Crippen MR) is 52.3 cm³/mol. The highest BCUT2D eigenvalue weighted by Gasteiger charge is 2.38. The number of hydrogen-bond acceptors (Lipinski definition) is 2. The Morgan fingerprint density at radius 2 is 1.92 bits per heavy atom. The van der Waals surface area contributed by atoms with E-state index >= 15 is 0 Å². The summed E-state index contributed by atoms with van der Waals surface area (Å²) in [4.78, 5) is 0. The molecule has 2 heterocycles. The number of rotatable bonds is 0. The van der Waals surface area contributed by atoms with E-state index in [9.17, 15) is 0 Å². The van der Waals surface area contributed by atoms with E-state index in [1.54, 1.807) is 0 Å². The van der Waals surface area contributed by atoms with E-state index in [4.69, 9.17) is 0 Å². The average Bonchev–Trinajstić information content (AvgIpc) is 2.56. The highest BCUT2D eigenvalue weighted by molar-refractivity contribution is 5.51. The Bertz CT molecular complexity index is 375. The molecule has 2 heteroatoms. The molecule has 0 amide bonds. The van der Waals surface area contributed by atoms with Crippen LogP contribution in [0.1, 0.15) is 0 Å². The predicted octanol–water partition coefficient (Wildman–Crippen LogP) is 1.64. The molecule has 0 aromatic carbocycles. The maximum absolute atomic E-state index is 3.22. The molecule has 0 aromatic rings. The van der Waals surface area contributed by atoms with Crippen molar-refractivity contribution in [3.8, 4) is 0 Å². The smallest absolute Gasteiger partial charge is 0.124 e. The van der Waals surface area contributed by atoms with Gasteiger partial charge in [0.15, 0.2) is 0 Å². The molecule has 1 atom stereocenters. The molecular formula is C11H10N2. The first-order valence-electron chi connectivity index (χ1n) is 4.40. The SMILES string of the molecule is C1=CC2=CNN3C=CC=CC23C=C1. The van der Waals surface area contributed by atoms with Crippen LogP contribution in [0.5, 0.6) is 0 Å². The monoisotopic (exact) mass is 170 g/mol. The quantitative estimate of drug-likeness (QED) is 0.594. The lowest BCUT2D eigenvalue weighted by Gasteiger charge is -2.36. The number of nitrogens with one attached hydrogen (secondary N) is 1. The summed E-state index contributed by atoms with van der Waals surface area (Å²) in [6.45, 7) is 0. The minimum atomic E-state index is -0.0660. The Balaban J connectivity index is 2.16. The lowest BCUT2D eigenvalue weighted by molar-refractivity contribution is 0.259. The van der Waals surface area contributed by atoms with E-state index in [1.807, 2.05) is 18.5 Å². The Labute approximate surface area is 77.2 Å². The summed E-state index contributed by atoms with van der Waals surface area (Å²) in [5, 5.41) is 2.10. The van der Waals surface area contributed by atoms with Gasteiger partial charge in [-0.2, -0.15) is 0 Å². The first kappa shape index (κ1) is 6.78. The van der Waals surface area contributed by atoms with Crippen LogP contribution in [0.4, 0.5) is 0 Å². The Kier molecular flexibility index (Phi) is 1.13. The van der Waals surface area contributed by atoms with Crippen LogP contribution in [-0.4, -0.2) is 10.5 Å². The van der Waals surface area contributed by atoms with E-state index in [0.717, 1.165) is 0 Å². The van der Waals surface area contributed by atoms with Gasteiger partial charge in [0.1, 0.15) is 5.54 Å². The van der Waals surface area contributed by atoms with Gasteiger partial charge in [-0.1, -0.05) is 24.3 Å². The molecule has 1 N–H and O–H groups in total. The van der Waals surface area contributed by atoms with Crippen LogP contribution < -0.4 is 5.43 Å². The van der Waals surface area contributed by atoms with E-state index in [-0.39, 0.29) is 5.54 Å². The van der Waals surface area contributed by atoms with Gasteiger partial charge in [0.05, 0.1) is 0 Å². The third kappa shape index (κ3) is 0.724. The van der Waals surface area contributed by atoms with Crippen LogP contribution in [0, 0.1) is 0 Å². The molecule has 0 fully saturated rings. The molecule has 1 unspecified atom stereocenters. The minimum Gasteiger partial charge on any atom is -0.304 e. The summed E-state index contributed by atoms with van der Waals surface area (Å²) < 4.78 is 0. The fourth-order valence-electron chi connectivity index (χ4n) is 1.96. The van der Waals surface area contributed by atoms with Crippen molar-refractivity contribution in [1.29, 1.82) is 0 Å². The molecular weight excluding hydrogens is 160 g/mol. The first-order valence-corrected chi connectivity index (χ1v) is 4.40. The van der Waals surface area contributed by atoms with E-state index in [2.05, 4.69) is 46.9 Å². The van der Waals surface area contributed by atoms with Crippen molar-refractivity contribution in [2.75, 3.05) is 0 Å². The van der Waals surface area contributed by atoms with Crippen LogP contribution in [0.15, 0.2) is 60.5 Å². The van der Waals surface area contributed by atoms with E-state index < -0.39 is 0 Å². The zero-order valence-corrected chi connectivity index (χ0v) is 7.14. The molecule has 0 bridgehead atoms. The fourth-order valence-corrected chi connectivity index (χ4v) is 1.96. The average molecular weight is 170 g/mol. The maximum atomic E-state index is 3.22. The molecule has 3 aliphatic rings. The standard InChI is InChI=1S/C11H10N2/c1-2-6-11-7-3-4-8-13(11)12-9-10(11)5-1/h1-9,12H. The number of nitrogens with zero attached hydrogens (tertiary/aromatic N) is 1. The summed E-state index contributed by atoms with van der Waals surface area (Å²) >= 11 is 0. The van der Waals surface area contributed by atoms with Crippen LogP contribution in [-0.2, 0) is 0 Å². The normalized spacial score (nSPS) is 32.6. The number of hydrogen-bond donors (Lipinski definition) is 1.